The van der Waals surface area contributed by atoms with Crippen LogP contribution in [0.2, 0.25) is 0 Å². The second kappa shape index (κ2) is 9.19. The maximum atomic E-state index is 14.4. The van der Waals surface area contributed by atoms with Crippen LogP contribution in [0.4, 0.5) is 8.78 Å². The van der Waals surface area contributed by atoms with E-state index >= 15 is 0 Å². The van der Waals surface area contributed by atoms with Gasteiger partial charge >= 0.3 is 0 Å². The van der Waals surface area contributed by atoms with Crippen LogP contribution in [0.5, 0.6) is 11.5 Å². The van der Waals surface area contributed by atoms with Crippen LogP contribution in [0.25, 0.3) is 11.3 Å². The third kappa shape index (κ3) is 4.43. The number of aromatic amines is 1. The summed E-state index contributed by atoms with van der Waals surface area (Å²) < 4.78 is 33.7. The summed E-state index contributed by atoms with van der Waals surface area (Å²) >= 11 is 0. The summed E-state index contributed by atoms with van der Waals surface area (Å²) in [5.74, 6) is -1.13. The van der Waals surface area contributed by atoms with Gasteiger partial charge in [-0.1, -0.05) is 6.07 Å². The van der Waals surface area contributed by atoms with Crippen LogP contribution in [0.3, 0.4) is 0 Å². The van der Waals surface area contributed by atoms with Crippen molar-refractivity contribution in [3.63, 3.8) is 0 Å². The van der Waals surface area contributed by atoms with Gasteiger partial charge in [0, 0.05) is 56.6 Å². The molecule has 0 spiro atoms. The summed E-state index contributed by atoms with van der Waals surface area (Å²) in [4.78, 5) is 20.6. The van der Waals surface area contributed by atoms with Crippen LogP contribution < -0.4 is 10.1 Å². The first-order chi connectivity index (χ1) is 16.4. The van der Waals surface area contributed by atoms with Crippen molar-refractivity contribution >= 4 is 5.91 Å². The molecule has 0 unspecified atom stereocenters. The molecule has 178 valence electrons. The van der Waals surface area contributed by atoms with Gasteiger partial charge in [0.1, 0.15) is 11.6 Å². The Morgan fingerprint density at radius 3 is 2.56 bits per heavy atom. The zero-order valence-electron chi connectivity index (χ0n) is 19.4. The Morgan fingerprint density at radius 1 is 1.03 bits per heavy atom. The number of likely N-dealkylation sites (N-methyl/N-ethyl adjacent to an activating group) is 1. The van der Waals surface area contributed by atoms with Crippen molar-refractivity contribution < 1.29 is 18.3 Å². The van der Waals surface area contributed by atoms with E-state index in [1.807, 2.05) is 25.1 Å². The minimum Gasteiger partial charge on any atom is -0.454 e. The number of ether oxygens (including phenoxy) is 1. The molecular weight excluding hydrogens is 438 g/mol. The van der Waals surface area contributed by atoms with E-state index in [1.54, 1.807) is 0 Å². The molecule has 2 aliphatic heterocycles. The highest BCUT2D eigenvalue weighted by atomic mass is 19.1. The smallest absolute Gasteiger partial charge is 0.253 e. The number of hydrogen-bond donors (Lipinski definition) is 2. The zero-order valence-corrected chi connectivity index (χ0v) is 19.4. The molecule has 1 fully saturated rings. The number of benzene rings is 2. The molecule has 3 aromatic rings. The molecule has 0 atom stereocenters. The van der Waals surface area contributed by atoms with Crippen molar-refractivity contribution in [2.75, 3.05) is 39.8 Å². The van der Waals surface area contributed by atoms with Crippen molar-refractivity contribution in [1.29, 1.82) is 0 Å². The number of fused-ring (bicyclic) bond motifs is 1. The van der Waals surface area contributed by atoms with Crippen LogP contribution in [-0.4, -0.2) is 60.5 Å². The van der Waals surface area contributed by atoms with E-state index in [1.165, 1.54) is 12.1 Å². The Bertz CT molecular complexity index is 1230. The molecule has 0 aliphatic carbocycles. The molecule has 6 nitrogen and oxygen atoms in total. The largest absolute Gasteiger partial charge is 0.454 e. The van der Waals surface area contributed by atoms with E-state index in [-0.39, 0.29) is 11.7 Å². The first-order valence-electron chi connectivity index (χ1n) is 11.6. The van der Waals surface area contributed by atoms with Crippen LogP contribution in [0.1, 0.15) is 27.2 Å². The van der Waals surface area contributed by atoms with Crippen molar-refractivity contribution in [2.24, 2.45) is 0 Å². The maximum Gasteiger partial charge on any atom is 0.253 e. The molecule has 3 heterocycles. The zero-order chi connectivity index (χ0) is 23.8. The molecule has 8 heteroatoms. The van der Waals surface area contributed by atoms with E-state index in [0.29, 0.717) is 24.3 Å². The lowest BCUT2D eigenvalue weighted by atomic mass is 9.96. The van der Waals surface area contributed by atoms with Gasteiger partial charge in [-0.25, -0.2) is 8.78 Å². The second-order valence-corrected chi connectivity index (χ2v) is 9.07. The molecule has 5 rings (SSSR count). The van der Waals surface area contributed by atoms with Crippen molar-refractivity contribution in [2.45, 2.75) is 19.9 Å². The van der Waals surface area contributed by atoms with Crippen molar-refractivity contribution in [1.82, 2.24) is 20.1 Å². The third-order valence-electron chi connectivity index (χ3n) is 6.61. The number of aryl methyl sites for hydroxylation is 1. The van der Waals surface area contributed by atoms with Crippen LogP contribution in [0.15, 0.2) is 36.4 Å². The summed E-state index contributed by atoms with van der Waals surface area (Å²) in [7, 11) is 2.13. The molecule has 1 aromatic heterocycles. The van der Waals surface area contributed by atoms with Crippen molar-refractivity contribution in [3.05, 3.63) is 70.4 Å². The molecule has 2 N–H and O–H groups in total. The maximum absolute atomic E-state index is 14.4. The second-order valence-electron chi connectivity index (χ2n) is 9.07. The highest BCUT2D eigenvalue weighted by molar-refractivity contribution is 6.00. The Labute approximate surface area is 197 Å². The number of nitrogens with one attached hydrogen (secondary N) is 2. The van der Waals surface area contributed by atoms with E-state index < -0.39 is 11.6 Å². The Kier molecular flexibility index (Phi) is 6.10. The number of hydrogen-bond acceptors (Lipinski definition) is 4. The van der Waals surface area contributed by atoms with E-state index in [2.05, 4.69) is 27.1 Å². The highest BCUT2D eigenvalue weighted by Gasteiger charge is 2.27. The minimum atomic E-state index is -0.767. The van der Waals surface area contributed by atoms with E-state index in [0.717, 1.165) is 66.9 Å². The van der Waals surface area contributed by atoms with Gasteiger partial charge in [0.05, 0.1) is 11.3 Å². The number of amides is 1. The standard InChI is InChI=1S/C26H28F2N4O2/c1-16-24-19(7-8-29-26(24)33)25(30-16)20-13-17(15-32-11-9-31(2)10-12-32)3-5-22(20)34-23-6-4-18(27)14-21(23)28/h3-6,13-14,30H,7-12,15H2,1-2H3,(H,29,33). The van der Waals surface area contributed by atoms with Gasteiger partial charge in [-0.05, 0) is 55.8 Å². The van der Waals surface area contributed by atoms with E-state index in [4.69, 9.17) is 4.74 Å². The van der Waals surface area contributed by atoms with Crippen LogP contribution in [-0.2, 0) is 13.0 Å². The summed E-state index contributed by atoms with van der Waals surface area (Å²) in [6.45, 7) is 7.24. The summed E-state index contributed by atoms with van der Waals surface area (Å²) in [5, 5.41) is 2.89. The Hall–Kier alpha value is -3.23. The van der Waals surface area contributed by atoms with Gasteiger partial charge in [0.25, 0.3) is 5.91 Å². The predicted molar refractivity (Wildman–Crippen MR) is 126 cm³/mol. The first-order valence-corrected chi connectivity index (χ1v) is 11.6. The van der Waals surface area contributed by atoms with Crippen LogP contribution in [0, 0.1) is 18.6 Å². The molecule has 0 saturated carbocycles. The molecule has 0 radical (unpaired) electrons. The number of H-pyrrole nitrogens is 1. The SMILES string of the molecule is Cc1[nH]c(-c2cc(CN3CCN(C)CC3)ccc2Oc2ccc(F)cc2F)c2c1C(=O)NCC2. The molecule has 1 amide bonds. The average Bonchev–Trinajstić information content (AvgIpc) is 3.15. The third-order valence-corrected chi connectivity index (χ3v) is 6.61. The lowest BCUT2D eigenvalue weighted by Gasteiger charge is -2.32. The van der Waals surface area contributed by atoms with Gasteiger partial charge < -0.3 is 19.9 Å². The summed E-state index contributed by atoms with van der Waals surface area (Å²) in [5.41, 5.74) is 5.04. The summed E-state index contributed by atoms with van der Waals surface area (Å²) in [6, 6.07) is 9.12. The molecule has 0 bridgehead atoms. The number of aromatic nitrogens is 1. The molecule has 2 aromatic carbocycles. The van der Waals surface area contributed by atoms with Crippen LogP contribution >= 0.6 is 0 Å². The van der Waals surface area contributed by atoms with Gasteiger partial charge in [-0.3, -0.25) is 9.69 Å². The number of rotatable bonds is 5. The monoisotopic (exact) mass is 466 g/mol. The molecular formula is C26H28F2N4O2. The number of piperazine rings is 1. The van der Waals surface area contributed by atoms with Gasteiger partial charge in [-0.15, -0.1) is 0 Å². The number of nitrogens with zero attached hydrogens (tertiary/aromatic N) is 2. The molecule has 34 heavy (non-hydrogen) atoms. The van der Waals surface area contributed by atoms with E-state index in [9.17, 15) is 13.6 Å². The fourth-order valence-corrected chi connectivity index (χ4v) is 4.75. The Morgan fingerprint density at radius 2 is 1.79 bits per heavy atom. The number of carbonyl (C=O) groups excluding carboxylic acids is 1. The predicted octanol–water partition coefficient (Wildman–Crippen LogP) is 4.09. The average molecular weight is 467 g/mol. The van der Waals surface area contributed by atoms with Crippen molar-refractivity contribution in [3.8, 4) is 22.8 Å². The number of halogens is 2. The number of carbonyl (C=O) groups is 1. The normalized spacial score (nSPS) is 16.9. The van der Waals surface area contributed by atoms with Gasteiger partial charge in [0.15, 0.2) is 11.6 Å². The minimum absolute atomic E-state index is 0.0515. The fourth-order valence-electron chi connectivity index (χ4n) is 4.75. The van der Waals surface area contributed by atoms with Gasteiger partial charge in [0.2, 0.25) is 0 Å². The lowest BCUT2D eigenvalue weighted by Crippen LogP contribution is -2.43. The molecule has 2 aliphatic rings. The van der Waals surface area contributed by atoms with Gasteiger partial charge in [-0.2, -0.15) is 0 Å². The Balaban J connectivity index is 1.55. The quantitative estimate of drug-likeness (QED) is 0.595. The lowest BCUT2D eigenvalue weighted by molar-refractivity contribution is 0.0946. The summed E-state index contributed by atoms with van der Waals surface area (Å²) in [6.07, 6.45) is 0.688. The highest BCUT2D eigenvalue weighted by Crippen LogP contribution is 2.39. The fraction of sp³-hybridized carbons (Fsp3) is 0.346. The molecule has 1 saturated heterocycles. The first kappa shape index (κ1) is 22.6. The topological polar surface area (TPSA) is 60.6 Å².